The van der Waals surface area contributed by atoms with Crippen molar-refractivity contribution in [3.05, 3.63) is 95.6 Å². The van der Waals surface area contributed by atoms with Gasteiger partial charge in [0.25, 0.3) is 5.91 Å². The molecule has 2 amide bonds. The minimum Gasteiger partial charge on any atom is -0.378 e. The number of likely N-dealkylation sites (tertiary alicyclic amines) is 1. The fourth-order valence-electron chi connectivity index (χ4n) is 5.75. The van der Waals surface area contributed by atoms with Crippen LogP contribution in [0, 0.1) is 5.92 Å². The highest BCUT2D eigenvalue weighted by Crippen LogP contribution is 2.39. The second-order valence-corrected chi connectivity index (χ2v) is 11.5. The average molecular weight is 526 g/mol. The molecule has 3 aromatic rings. The van der Waals surface area contributed by atoms with Gasteiger partial charge in [-0.1, -0.05) is 75.4 Å². The van der Waals surface area contributed by atoms with Crippen molar-refractivity contribution in [1.29, 1.82) is 0 Å². The van der Waals surface area contributed by atoms with Crippen LogP contribution in [-0.4, -0.2) is 49.6 Å². The Morgan fingerprint density at radius 2 is 1.59 bits per heavy atom. The van der Waals surface area contributed by atoms with E-state index in [1.807, 2.05) is 71.6 Å². The van der Waals surface area contributed by atoms with E-state index in [1.54, 1.807) is 0 Å². The number of para-hydroxylation sites is 1. The summed E-state index contributed by atoms with van der Waals surface area (Å²) < 4.78 is 5.55. The molecule has 2 fully saturated rings. The highest BCUT2D eigenvalue weighted by atomic mass is 16.5. The Kier molecular flexibility index (Phi) is 8.03. The lowest BCUT2D eigenvalue weighted by molar-refractivity contribution is -0.123. The van der Waals surface area contributed by atoms with E-state index >= 15 is 0 Å². The van der Waals surface area contributed by atoms with Crippen LogP contribution in [0.15, 0.2) is 78.9 Å². The zero-order valence-electron chi connectivity index (χ0n) is 23.2. The predicted molar refractivity (Wildman–Crippen MR) is 156 cm³/mol. The number of morpholine rings is 1. The molecule has 2 aliphatic rings. The van der Waals surface area contributed by atoms with Crippen LogP contribution in [0.5, 0.6) is 0 Å². The normalized spacial score (nSPS) is 20.0. The molecular formula is C33H39N3O3. The van der Waals surface area contributed by atoms with Gasteiger partial charge < -0.3 is 19.9 Å². The number of amides is 2. The van der Waals surface area contributed by atoms with E-state index in [4.69, 9.17) is 4.74 Å². The number of hydrogen-bond donors (Lipinski definition) is 1. The van der Waals surface area contributed by atoms with Gasteiger partial charge in [-0.15, -0.1) is 0 Å². The van der Waals surface area contributed by atoms with Crippen LogP contribution in [0.1, 0.15) is 61.1 Å². The predicted octanol–water partition coefficient (Wildman–Crippen LogP) is 6.05. The molecule has 2 aliphatic heterocycles. The first-order valence-electron chi connectivity index (χ1n) is 14.0. The van der Waals surface area contributed by atoms with Gasteiger partial charge in [0, 0.05) is 31.0 Å². The Bertz CT molecular complexity index is 1290. The molecule has 2 atom stereocenters. The summed E-state index contributed by atoms with van der Waals surface area (Å²) in [6.45, 7) is 9.92. The molecule has 204 valence electrons. The van der Waals surface area contributed by atoms with Gasteiger partial charge in [0.15, 0.2) is 0 Å². The van der Waals surface area contributed by atoms with Gasteiger partial charge in [0.2, 0.25) is 5.91 Å². The molecule has 3 aromatic carbocycles. The van der Waals surface area contributed by atoms with Crippen molar-refractivity contribution >= 4 is 23.2 Å². The number of ether oxygens (including phenoxy) is 1. The van der Waals surface area contributed by atoms with Crippen molar-refractivity contribution in [2.24, 2.45) is 5.92 Å². The van der Waals surface area contributed by atoms with Gasteiger partial charge in [-0.2, -0.15) is 0 Å². The number of carbonyl (C=O) groups is 2. The maximum absolute atomic E-state index is 14.3. The van der Waals surface area contributed by atoms with E-state index in [1.165, 1.54) is 5.56 Å². The third-order valence-electron chi connectivity index (χ3n) is 7.85. The smallest absolute Gasteiger partial charge is 0.256 e. The number of rotatable bonds is 5. The SMILES string of the molecule is CC(C)(C)c1cccc(NC(=O)C2CCCN(C(=O)c3ccccc3N3CCOCC3)C2c2ccccc2)c1. The first-order valence-corrected chi connectivity index (χ1v) is 14.0. The maximum atomic E-state index is 14.3. The highest BCUT2D eigenvalue weighted by molar-refractivity contribution is 6.01. The Hall–Kier alpha value is -3.64. The van der Waals surface area contributed by atoms with Crippen molar-refractivity contribution in [2.75, 3.05) is 43.1 Å². The molecule has 2 saturated heterocycles. The fourth-order valence-corrected chi connectivity index (χ4v) is 5.75. The summed E-state index contributed by atoms with van der Waals surface area (Å²) in [5, 5.41) is 3.19. The molecule has 0 spiro atoms. The van der Waals surface area contributed by atoms with Crippen molar-refractivity contribution < 1.29 is 14.3 Å². The summed E-state index contributed by atoms with van der Waals surface area (Å²) in [7, 11) is 0. The largest absolute Gasteiger partial charge is 0.378 e. The number of piperidine rings is 1. The average Bonchev–Trinajstić information content (AvgIpc) is 2.97. The monoisotopic (exact) mass is 525 g/mol. The van der Waals surface area contributed by atoms with E-state index in [-0.39, 0.29) is 29.2 Å². The molecule has 0 aliphatic carbocycles. The van der Waals surface area contributed by atoms with E-state index < -0.39 is 0 Å². The molecule has 0 bridgehead atoms. The topological polar surface area (TPSA) is 61.9 Å². The molecular weight excluding hydrogens is 486 g/mol. The van der Waals surface area contributed by atoms with Crippen LogP contribution >= 0.6 is 0 Å². The van der Waals surface area contributed by atoms with Crippen LogP contribution < -0.4 is 10.2 Å². The summed E-state index contributed by atoms with van der Waals surface area (Å²) in [6, 6.07) is 25.6. The number of anilines is 2. The van der Waals surface area contributed by atoms with Crippen LogP contribution in [-0.2, 0) is 14.9 Å². The van der Waals surface area contributed by atoms with Gasteiger partial charge in [0.1, 0.15) is 0 Å². The zero-order chi connectivity index (χ0) is 27.4. The Labute approximate surface area is 232 Å². The van der Waals surface area contributed by atoms with E-state index in [9.17, 15) is 9.59 Å². The number of carbonyl (C=O) groups excluding carboxylic acids is 2. The lowest BCUT2D eigenvalue weighted by atomic mass is 9.83. The molecule has 6 nitrogen and oxygen atoms in total. The third-order valence-corrected chi connectivity index (χ3v) is 7.85. The molecule has 6 heteroatoms. The summed E-state index contributed by atoms with van der Waals surface area (Å²) >= 11 is 0. The van der Waals surface area contributed by atoms with Crippen molar-refractivity contribution in [3.8, 4) is 0 Å². The standard InChI is InChI=1S/C33H39N3O3/c1-33(2,3)25-13-9-14-26(23-25)34-31(37)28-16-10-18-36(30(28)24-11-5-4-6-12-24)32(38)27-15-7-8-17-29(27)35-19-21-39-22-20-35/h4-9,11-15,17,23,28,30H,10,16,18-22H2,1-3H3,(H,34,37). The number of hydrogen-bond acceptors (Lipinski definition) is 4. The summed E-state index contributed by atoms with van der Waals surface area (Å²) in [5.74, 6) is -0.439. The first-order chi connectivity index (χ1) is 18.8. The molecule has 0 saturated carbocycles. The summed E-state index contributed by atoms with van der Waals surface area (Å²) in [6.07, 6.45) is 1.49. The second kappa shape index (κ2) is 11.6. The van der Waals surface area contributed by atoms with Gasteiger partial charge in [0.05, 0.1) is 30.7 Å². The van der Waals surface area contributed by atoms with Crippen LogP contribution in [0.4, 0.5) is 11.4 Å². The van der Waals surface area contributed by atoms with Gasteiger partial charge in [-0.3, -0.25) is 9.59 Å². The molecule has 1 N–H and O–H groups in total. The first kappa shape index (κ1) is 26.9. The lowest BCUT2D eigenvalue weighted by Gasteiger charge is -2.41. The zero-order valence-corrected chi connectivity index (χ0v) is 23.2. The Morgan fingerprint density at radius 3 is 2.33 bits per heavy atom. The van der Waals surface area contributed by atoms with E-state index in [0.717, 1.165) is 42.9 Å². The van der Waals surface area contributed by atoms with Crippen molar-refractivity contribution in [3.63, 3.8) is 0 Å². The van der Waals surface area contributed by atoms with Gasteiger partial charge in [-0.25, -0.2) is 0 Å². The number of nitrogens with zero attached hydrogens (tertiary/aromatic N) is 2. The molecule has 0 aromatic heterocycles. The van der Waals surface area contributed by atoms with Crippen molar-refractivity contribution in [2.45, 2.75) is 45.1 Å². The minimum absolute atomic E-state index is 0.0186. The quantitative estimate of drug-likeness (QED) is 0.440. The van der Waals surface area contributed by atoms with Crippen LogP contribution in [0.25, 0.3) is 0 Å². The summed E-state index contributed by atoms with van der Waals surface area (Å²) in [5.41, 5.74) is 4.54. The van der Waals surface area contributed by atoms with Crippen molar-refractivity contribution in [1.82, 2.24) is 4.90 Å². The number of benzene rings is 3. The van der Waals surface area contributed by atoms with Gasteiger partial charge >= 0.3 is 0 Å². The molecule has 2 heterocycles. The molecule has 5 rings (SSSR count). The fraction of sp³-hybridized carbons (Fsp3) is 0.394. The molecule has 2 unspecified atom stereocenters. The second-order valence-electron chi connectivity index (χ2n) is 11.5. The summed E-state index contributed by atoms with van der Waals surface area (Å²) in [4.78, 5) is 32.3. The Balaban J connectivity index is 1.46. The minimum atomic E-state index is -0.362. The van der Waals surface area contributed by atoms with E-state index in [2.05, 4.69) is 43.1 Å². The maximum Gasteiger partial charge on any atom is 0.256 e. The van der Waals surface area contributed by atoms with E-state index in [0.29, 0.717) is 25.3 Å². The van der Waals surface area contributed by atoms with Crippen LogP contribution in [0.3, 0.4) is 0 Å². The Morgan fingerprint density at radius 1 is 0.872 bits per heavy atom. The number of nitrogens with one attached hydrogen (secondary N) is 1. The molecule has 39 heavy (non-hydrogen) atoms. The molecule has 0 radical (unpaired) electrons. The highest BCUT2D eigenvalue weighted by Gasteiger charge is 2.40. The van der Waals surface area contributed by atoms with Gasteiger partial charge in [-0.05, 0) is 53.6 Å². The third kappa shape index (κ3) is 6.01. The lowest BCUT2D eigenvalue weighted by Crippen LogP contribution is -2.47. The van der Waals surface area contributed by atoms with Crippen LogP contribution in [0.2, 0.25) is 0 Å².